The van der Waals surface area contributed by atoms with Crippen LogP contribution in [-0.2, 0) is 0 Å². The summed E-state index contributed by atoms with van der Waals surface area (Å²) in [6.45, 7) is 1.50. The van der Waals surface area contributed by atoms with Gasteiger partial charge >= 0.3 is 0 Å². The van der Waals surface area contributed by atoms with E-state index >= 15 is 0 Å². The average Bonchev–Trinajstić information content (AvgIpc) is 3.50. The van der Waals surface area contributed by atoms with E-state index in [9.17, 15) is 9.50 Å². The number of hydrogen-bond acceptors (Lipinski definition) is 9. The molecule has 36 heavy (non-hydrogen) atoms. The highest BCUT2D eigenvalue weighted by molar-refractivity contribution is 7.97. The third kappa shape index (κ3) is 5.27. The number of fused-ring (bicyclic) bond motifs is 1. The molecule has 2 aromatic carbocycles. The maximum absolute atomic E-state index is 13.6. The van der Waals surface area contributed by atoms with Crippen LogP contribution in [0, 0.1) is 5.82 Å². The van der Waals surface area contributed by atoms with Crippen LogP contribution in [0.3, 0.4) is 0 Å². The molecule has 0 aliphatic heterocycles. The van der Waals surface area contributed by atoms with E-state index in [0.29, 0.717) is 29.4 Å². The Kier molecular flexibility index (Phi) is 7.31. The van der Waals surface area contributed by atoms with Gasteiger partial charge in [-0.15, -0.1) is 11.3 Å². The predicted molar refractivity (Wildman–Crippen MR) is 141 cm³/mol. The highest BCUT2D eigenvalue weighted by Gasteiger charge is 2.19. The molecule has 0 aliphatic rings. The fraction of sp³-hybridized carbons (Fsp3) is 0.160. The van der Waals surface area contributed by atoms with Gasteiger partial charge in [0.25, 0.3) is 0 Å². The summed E-state index contributed by atoms with van der Waals surface area (Å²) in [6.07, 6.45) is 4.48. The van der Waals surface area contributed by atoms with Crippen molar-refractivity contribution < 1.29 is 14.2 Å². The number of benzene rings is 2. The molecule has 0 saturated heterocycles. The summed E-state index contributed by atoms with van der Waals surface area (Å²) in [7, 11) is 1.65. The van der Waals surface area contributed by atoms with Gasteiger partial charge in [-0.25, -0.2) is 19.3 Å². The molecule has 3 aromatic heterocycles. The average molecular weight is 523 g/mol. The Labute approximate surface area is 215 Å². The zero-order chi connectivity index (χ0) is 24.9. The van der Waals surface area contributed by atoms with Gasteiger partial charge in [-0.2, -0.15) is 0 Å². The molecule has 0 bridgehead atoms. The van der Waals surface area contributed by atoms with Crippen molar-refractivity contribution in [3.05, 3.63) is 72.1 Å². The maximum atomic E-state index is 13.6. The molecule has 3 heterocycles. The van der Waals surface area contributed by atoms with E-state index in [4.69, 9.17) is 14.7 Å². The summed E-state index contributed by atoms with van der Waals surface area (Å²) in [5, 5.41) is 15.1. The second-order valence-corrected chi connectivity index (χ2v) is 9.59. The van der Waals surface area contributed by atoms with Crippen molar-refractivity contribution in [1.82, 2.24) is 24.1 Å². The number of methoxy groups -OCH3 is 1. The molecule has 0 unspecified atom stereocenters. The highest BCUT2D eigenvalue weighted by Crippen LogP contribution is 2.35. The number of anilines is 1. The summed E-state index contributed by atoms with van der Waals surface area (Å²) >= 11 is 3.06. The lowest BCUT2D eigenvalue weighted by Crippen LogP contribution is -2.12. The first-order chi connectivity index (χ1) is 17.6. The van der Waals surface area contributed by atoms with E-state index in [1.54, 1.807) is 31.3 Å². The summed E-state index contributed by atoms with van der Waals surface area (Å²) < 4.78 is 24.1. The van der Waals surface area contributed by atoms with Crippen LogP contribution < -0.4 is 14.8 Å². The number of phenolic OH excluding ortho intramolecular Hbond substituents is 1. The van der Waals surface area contributed by atoms with Crippen molar-refractivity contribution in [2.24, 2.45) is 0 Å². The van der Waals surface area contributed by atoms with Crippen molar-refractivity contribution in [3.8, 4) is 34.1 Å². The molecule has 0 radical (unpaired) electrons. The largest absolute Gasteiger partial charge is 0.505 e. The second-order valence-electron chi connectivity index (χ2n) is 7.75. The van der Waals surface area contributed by atoms with Crippen molar-refractivity contribution in [3.63, 3.8) is 0 Å². The predicted octanol–water partition coefficient (Wildman–Crippen LogP) is 5.47. The summed E-state index contributed by atoms with van der Waals surface area (Å²) in [4.78, 5) is 15.6. The van der Waals surface area contributed by atoms with Gasteiger partial charge in [-0.1, -0.05) is 0 Å². The topological polar surface area (TPSA) is 96.6 Å². The van der Waals surface area contributed by atoms with E-state index < -0.39 is 11.6 Å². The van der Waals surface area contributed by atoms with Crippen molar-refractivity contribution >= 4 is 34.2 Å². The van der Waals surface area contributed by atoms with E-state index in [1.165, 1.54) is 23.5 Å². The van der Waals surface area contributed by atoms with E-state index in [2.05, 4.69) is 15.0 Å². The molecule has 5 rings (SSSR count). The minimum atomic E-state index is -0.674. The number of nitrogens with one attached hydrogen (secondary N) is 2. The van der Waals surface area contributed by atoms with Crippen LogP contribution in [0.5, 0.6) is 11.5 Å². The number of ether oxygens (including phenoxy) is 1. The number of aromatic nitrogens is 4. The van der Waals surface area contributed by atoms with Gasteiger partial charge in [0.2, 0.25) is 5.95 Å². The number of nitrogens with zero attached hydrogens (tertiary/aromatic N) is 4. The minimum absolute atomic E-state index is 0.418. The molecule has 11 heteroatoms. The van der Waals surface area contributed by atoms with Crippen LogP contribution in [0.4, 0.5) is 10.3 Å². The van der Waals surface area contributed by atoms with Gasteiger partial charge in [0, 0.05) is 41.3 Å². The number of aromatic hydroxyl groups is 1. The van der Waals surface area contributed by atoms with Gasteiger partial charge in [-0.3, -0.25) is 9.12 Å². The van der Waals surface area contributed by atoms with Crippen LogP contribution in [-0.4, -0.2) is 44.7 Å². The zero-order valence-electron chi connectivity index (χ0n) is 19.3. The Bertz CT molecular complexity index is 1470. The molecule has 0 spiro atoms. The Balaban J connectivity index is 1.25. The number of phenols is 1. The number of hydrogen-bond donors (Lipinski definition) is 3. The summed E-state index contributed by atoms with van der Waals surface area (Å²) in [5.74, 6) is 0.253. The van der Waals surface area contributed by atoms with E-state index in [0.717, 1.165) is 34.3 Å². The van der Waals surface area contributed by atoms with Crippen LogP contribution in [0.15, 0.2) is 71.2 Å². The highest BCUT2D eigenvalue weighted by atomic mass is 32.2. The Morgan fingerprint density at radius 2 is 1.97 bits per heavy atom. The van der Waals surface area contributed by atoms with Crippen LogP contribution in [0.1, 0.15) is 6.42 Å². The number of rotatable bonds is 10. The minimum Gasteiger partial charge on any atom is -0.505 e. The lowest BCUT2D eigenvalue weighted by atomic mass is 10.1. The molecule has 3 N–H and O–H groups in total. The monoisotopic (exact) mass is 522 g/mol. The summed E-state index contributed by atoms with van der Waals surface area (Å²) in [6, 6.07) is 13.9. The van der Waals surface area contributed by atoms with Gasteiger partial charge in [-0.05, 0) is 66.9 Å². The Morgan fingerprint density at radius 3 is 2.78 bits per heavy atom. The molecule has 184 valence electrons. The fourth-order valence-electron chi connectivity index (χ4n) is 3.61. The third-order valence-corrected chi connectivity index (χ3v) is 6.98. The SMILES string of the molecule is COc1ccc(SNCCCNc2nccc(-c3c(-c4ccc(F)c(O)c4)nc4sccn34)n2)cc1. The van der Waals surface area contributed by atoms with Crippen LogP contribution >= 0.6 is 23.3 Å². The lowest BCUT2D eigenvalue weighted by molar-refractivity contribution is 0.414. The quantitative estimate of drug-likeness (QED) is 0.164. The molecule has 0 fully saturated rings. The first-order valence-corrected chi connectivity index (χ1v) is 12.9. The maximum Gasteiger partial charge on any atom is 0.223 e. The van der Waals surface area contributed by atoms with E-state index in [-0.39, 0.29) is 0 Å². The first kappa shape index (κ1) is 24.0. The van der Waals surface area contributed by atoms with Crippen LogP contribution in [0.2, 0.25) is 0 Å². The van der Waals surface area contributed by atoms with Crippen molar-refractivity contribution in [2.75, 3.05) is 25.5 Å². The van der Waals surface area contributed by atoms with Crippen molar-refractivity contribution in [2.45, 2.75) is 11.3 Å². The van der Waals surface area contributed by atoms with Crippen LogP contribution in [0.25, 0.3) is 27.6 Å². The fourth-order valence-corrected chi connectivity index (χ4v) is 5.01. The third-order valence-electron chi connectivity index (χ3n) is 5.37. The molecule has 0 amide bonds. The molecule has 5 aromatic rings. The van der Waals surface area contributed by atoms with Gasteiger partial charge in [0.05, 0.1) is 18.5 Å². The molecule has 0 aliphatic carbocycles. The van der Waals surface area contributed by atoms with E-state index in [1.807, 2.05) is 46.3 Å². The van der Waals surface area contributed by atoms with Crippen molar-refractivity contribution in [1.29, 1.82) is 0 Å². The molecule has 0 atom stereocenters. The number of halogens is 1. The van der Waals surface area contributed by atoms with Gasteiger partial charge in [0.15, 0.2) is 16.5 Å². The molecular weight excluding hydrogens is 499 g/mol. The molecule has 0 saturated carbocycles. The number of thiazole rings is 1. The second kappa shape index (κ2) is 10.9. The zero-order valence-corrected chi connectivity index (χ0v) is 20.9. The standard InChI is InChI=1S/C25H23FN6O2S2/c1-34-17-4-6-18(7-5-17)36-29-11-2-10-27-24-28-12-9-20(30-24)23-22(31-25-32(23)13-14-35-25)16-3-8-19(26)21(33)15-16/h3-9,12-15,29,33H,2,10-11H2,1H3,(H,27,28,30). The summed E-state index contributed by atoms with van der Waals surface area (Å²) in [5.41, 5.74) is 2.64. The molecular formula is C25H23FN6O2S2. The Morgan fingerprint density at radius 1 is 1.11 bits per heavy atom. The van der Waals surface area contributed by atoms with Gasteiger partial charge in [0.1, 0.15) is 11.4 Å². The Hall–Kier alpha value is -3.67. The smallest absolute Gasteiger partial charge is 0.223 e. The number of imidazole rings is 1. The normalized spacial score (nSPS) is 11.2. The molecule has 8 nitrogen and oxygen atoms in total. The van der Waals surface area contributed by atoms with Gasteiger partial charge < -0.3 is 15.2 Å². The lowest BCUT2D eigenvalue weighted by Gasteiger charge is -2.09. The first-order valence-electron chi connectivity index (χ1n) is 11.2.